The molecule has 0 aliphatic carbocycles. The molecule has 1 aromatic heterocycles. The normalized spacial score (nSPS) is 11.9. The summed E-state index contributed by atoms with van der Waals surface area (Å²) >= 11 is 1.99. The third-order valence-electron chi connectivity index (χ3n) is 3.03. The molecule has 2 rings (SSSR count). The van der Waals surface area contributed by atoms with Crippen molar-refractivity contribution < 1.29 is 19.4 Å². The van der Waals surface area contributed by atoms with Gasteiger partial charge in [-0.25, -0.2) is 14.4 Å². The van der Waals surface area contributed by atoms with Crippen LogP contribution < -0.4 is 10.6 Å². The van der Waals surface area contributed by atoms with E-state index < -0.39 is 24.4 Å². The molecule has 128 valence electrons. The first-order chi connectivity index (χ1) is 11.4. The minimum absolute atomic E-state index is 0.0191. The molecule has 0 aliphatic rings. The van der Waals surface area contributed by atoms with E-state index in [0.29, 0.717) is 5.82 Å². The highest BCUT2D eigenvalue weighted by Gasteiger charge is 2.17. The average Bonchev–Trinajstić information content (AvgIpc) is 2.56. The fourth-order valence-electron chi connectivity index (χ4n) is 1.83. The molecule has 2 aromatic rings. The van der Waals surface area contributed by atoms with Gasteiger partial charge in [0.1, 0.15) is 11.6 Å². The Morgan fingerprint density at radius 1 is 1.42 bits per heavy atom. The number of nitrogens with one attached hydrogen (secondary N) is 2. The van der Waals surface area contributed by atoms with Gasteiger partial charge in [0.15, 0.2) is 5.69 Å². The van der Waals surface area contributed by atoms with Gasteiger partial charge in [0.2, 0.25) is 0 Å². The molecule has 1 heterocycles. The van der Waals surface area contributed by atoms with Crippen LogP contribution in [0.15, 0.2) is 24.4 Å². The SMILES string of the molecule is Cc1ncc(Nc2ccc(I)cc2F)c(C(=O)NC[C@@H](O)CO)n1. The molecular weight excluding hydrogens is 430 g/mol. The smallest absolute Gasteiger partial charge is 0.272 e. The van der Waals surface area contributed by atoms with Gasteiger partial charge in [-0.05, 0) is 47.7 Å². The van der Waals surface area contributed by atoms with Crippen molar-refractivity contribution in [2.24, 2.45) is 0 Å². The summed E-state index contributed by atoms with van der Waals surface area (Å²) in [5.74, 6) is -0.664. The zero-order valence-corrected chi connectivity index (χ0v) is 14.9. The Labute approximate surface area is 151 Å². The maximum atomic E-state index is 14.0. The molecule has 0 saturated carbocycles. The van der Waals surface area contributed by atoms with Crippen LogP contribution >= 0.6 is 22.6 Å². The number of aryl methyl sites for hydroxylation is 1. The maximum absolute atomic E-state index is 14.0. The van der Waals surface area contributed by atoms with E-state index in [1.165, 1.54) is 12.3 Å². The third-order valence-corrected chi connectivity index (χ3v) is 3.70. The Bertz CT molecular complexity index is 745. The molecule has 0 fully saturated rings. The van der Waals surface area contributed by atoms with Crippen LogP contribution in [-0.2, 0) is 0 Å². The number of rotatable bonds is 6. The van der Waals surface area contributed by atoms with Crippen LogP contribution in [0.25, 0.3) is 0 Å². The summed E-state index contributed by atoms with van der Waals surface area (Å²) in [7, 11) is 0. The lowest BCUT2D eigenvalue weighted by Crippen LogP contribution is -2.34. The number of anilines is 2. The number of aliphatic hydroxyl groups is 2. The van der Waals surface area contributed by atoms with E-state index >= 15 is 0 Å². The highest BCUT2D eigenvalue weighted by molar-refractivity contribution is 14.1. The van der Waals surface area contributed by atoms with Crippen molar-refractivity contribution in [3.63, 3.8) is 0 Å². The van der Waals surface area contributed by atoms with Gasteiger partial charge in [0.05, 0.1) is 30.3 Å². The summed E-state index contributed by atoms with van der Waals surface area (Å²) in [5.41, 5.74) is 0.439. The Morgan fingerprint density at radius 2 is 2.17 bits per heavy atom. The molecular formula is C15H16FIN4O3. The number of carbonyl (C=O) groups excluding carboxylic acids is 1. The van der Waals surface area contributed by atoms with Crippen molar-refractivity contribution in [3.05, 3.63) is 45.3 Å². The maximum Gasteiger partial charge on any atom is 0.272 e. The number of nitrogens with zero attached hydrogens (tertiary/aromatic N) is 2. The Balaban J connectivity index is 2.25. The van der Waals surface area contributed by atoms with Crippen molar-refractivity contribution >= 4 is 39.9 Å². The van der Waals surface area contributed by atoms with Gasteiger partial charge in [-0.2, -0.15) is 0 Å². The van der Waals surface area contributed by atoms with E-state index in [4.69, 9.17) is 5.11 Å². The first-order valence-electron chi connectivity index (χ1n) is 7.03. The van der Waals surface area contributed by atoms with Crippen molar-refractivity contribution in [1.82, 2.24) is 15.3 Å². The van der Waals surface area contributed by atoms with Crippen molar-refractivity contribution in [2.75, 3.05) is 18.5 Å². The molecule has 24 heavy (non-hydrogen) atoms. The van der Waals surface area contributed by atoms with Gasteiger partial charge in [-0.15, -0.1) is 0 Å². The topological polar surface area (TPSA) is 107 Å². The lowest BCUT2D eigenvalue weighted by molar-refractivity contribution is 0.0799. The first-order valence-corrected chi connectivity index (χ1v) is 8.11. The van der Waals surface area contributed by atoms with Crippen molar-refractivity contribution in [2.45, 2.75) is 13.0 Å². The molecule has 0 unspecified atom stereocenters. The lowest BCUT2D eigenvalue weighted by Gasteiger charge is -2.13. The fraction of sp³-hybridized carbons (Fsp3) is 0.267. The zero-order valence-electron chi connectivity index (χ0n) is 12.8. The second-order valence-electron chi connectivity index (χ2n) is 4.98. The Hall–Kier alpha value is -1.85. The third kappa shape index (κ3) is 4.82. The minimum atomic E-state index is -1.07. The standard InChI is InChI=1S/C15H16FIN4O3/c1-8-18-6-13(21-12-3-2-9(17)4-11(12)16)14(20-8)15(24)19-5-10(23)7-22/h2-4,6,10,21-23H,5,7H2,1H3,(H,19,24)/t10-/m1/s1. The fourth-order valence-corrected chi connectivity index (χ4v) is 2.28. The molecule has 9 heteroatoms. The van der Waals surface area contributed by atoms with Gasteiger partial charge in [0.25, 0.3) is 5.91 Å². The summed E-state index contributed by atoms with van der Waals surface area (Å²) < 4.78 is 14.7. The number of hydrogen-bond donors (Lipinski definition) is 4. The highest BCUT2D eigenvalue weighted by atomic mass is 127. The molecule has 0 spiro atoms. The van der Waals surface area contributed by atoms with Crippen molar-refractivity contribution in [3.8, 4) is 0 Å². The number of aromatic nitrogens is 2. The van der Waals surface area contributed by atoms with Gasteiger partial charge < -0.3 is 20.8 Å². The average molecular weight is 446 g/mol. The van der Waals surface area contributed by atoms with Crippen LogP contribution in [0.1, 0.15) is 16.3 Å². The Kier molecular flexibility index (Phi) is 6.40. The molecule has 4 N–H and O–H groups in total. The molecule has 0 bridgehead atoms. The largest absolute Gasteiger partial charge is 0.394 e. The second-order valence-corrected chi connectivity index (χ2v) is 6.22. The monoisotopic (exact) mass is 446 g/mol. The summed E-state index contributed by atoms with van der Waals surface area (Å²) in [6.07, 6.45) is 0.318. The van der Waals surface area contributed by atoms with E-state index in [1.807, 2.05) is 22.6 Å². The molecule has 7 nitrogen and oxygen atoms in total. The second kappa shape index (κ2) is 8.31. The summed E-state index contributed by atoms with van der Waals surface area (Å²) in [4.78, 5) is 20.3. The first kappa shape index (κ1) is 18.5. The van der Waals surface area contributed by atoms with Crippen LogP contribution in [0, 0.1) is 16.3 Å². The Morgan fingerprint density at radius 3 is 2.83 bits per heavy atom. The highest BCUT2D eigenvalue weighted by Crippen LogP contribution is 2.23. The molecule has 0 aliphatic heterocycles. The molecule has 0 radical (unpaired) electrons. The van der Waals surface area contributed by atoms with Gasteiger partial charge >= 0.3 is 0 Å². The predicted molar refractivity (Wildman–Crippen MR) is 94.6 cm³/mol. The lowest BCUT2D eigenvalue weighted by atomic mass is 10.2. The summed E-state index contributed by atoms with van der Waals surface area (Å²) in [6.45, 7) is 1.02. The van der Waals surface area contributed by atoms with Crippen molar-refractivity contribution in [1.29, 1.82) is 0 Å². The summed E-state index contributed by atoms with van der Waals surface area (Å²) in [6, 6.07) is 4.63. The number of benzene rings is 1. The molecule has 1 amide bonds. The molecule has 0 saturated heterocycles. The zero-order chi connectivity index (χ0) is 17.7. The number of amides is 1. The number of halogens is 2. The van der Waals surface area contributed by atoms with Crippen LogP contribution in [0.4, 0.5) is 15.8 Å². The number of hydrogen-bond acceptors (Lipinski definition) is 6. The molecule has 1 atom stereocenters. The van der Waals surface area contributed by atoms with E-state index in [0.717, 1.165) is 3.57 Å². The van der Waals surface area contributed by atoms with Gasteiger partial charge in [-0.3, -0.25) is 4.79 Å². The predicted octanol–water partition coefficient (Wildman–Crippen LogP) is 1.36. The van der Waals surface area contributed by atoms with E-state index in [-0.39, 0.29) is 23.6 Å². The van der Waals surface area contributed by atoms with Crippen LogP contribution in [-0.4, -0.2) is 45.3 Å². The van der Waals surface area contributed by atoms with Crippen LogP contribution in [0.3, 0.4) is 0 Å². The van der Waals surface area contributed by atoms with E-state index in [1.54, 1.807) is 19.1 Å². The molecule has 1 aromatic carbocycles. The number of carbonyl (C=O) groups is 1. The van der Waals surface area contributed by atoms with Crippen LogP contribution in [0.5, 0.6) is 0 Å². The van der Waals surface area contributed by atoms with Gasteiger partial charge in [0, 0.05) is 10.1 Å². The quantitative estimate of drug-likeness (QED) is 0.500. The van der Waals surface area contributed by atoms with Crippen LogP contribution in [0.2, 0.25) is 0 Å². The number of aliphatic hydroxyl groups excluding tert-OH is 2. The van der Waals surface area contributed by atoms with E-state index in [9.17, 15) is 14.3 Å². The van der Waals surface area contributed by atoms with E-state index in [2.05, 4.69) is 20.6 Å². The minimum Gasteiger partial charge on any atom is -0.394 e. The summed E-state index contributed by atoms with van der Waals surface area (Å²) in [5, 5.41) is 23.3. The van der Waals surface area contributed by atoms with Gasteiger partial charge in [-0.1, -0.05) is 0 Å².